The van der Waals surface area contributed by atoms with Gasteiger partial charge in [0.05, 0.1) is 31.1 Å². The van der Waals surface area contributed by atoms with Gasteiger partial charge in [0.25, 0.3) is 5.91 Å². The lowest BCUT2D eigenvalue weighted by Crippen LogP contribution is -2.28. The highest BCUT2D eigenvalue weighted by Crippen LogP contribution is 2.34. The van der Waals surface area contributed by atoms with E-state index in [0.29, 0.717) is 24.4 Å². The summed E-state index contributed by atoms with van der Waals surface area (Å²) < 4.78 is 131. The lowest BCUT2D eigenvalue weighted by atomic mass is 10.2. The van der Waals surface area contributed by atoms with Crippen LogP contribution >= 0.6 is 0 Å². The zero-order valence-electron chi connectivity index (χ0n) is 20.1. The fraction of sp³-hybridized carbons (Fsp3) is 0.250. The molecule has 0 saturated carbocycles. The van der Waals surface area contributed by atoms with Crippen LogP contribution in [0.1, 0.15) is 41.0 Å². The summed E-state index contributed by atoms with van der Waals surface area (Å²) >= 11 is 0. The maximum absolute atomic E-state index is 13.2. The number of carbonyl (C=O) groups is 1. The van der Waals surface area contributed by atoms with Crippen molar-refractivity contribution >= 4 is 25.6 Å². The monoisotopic (exact) mass is 594 g/mol. The van der Waals surface area contributed by atoms with Crippen molar-refractivity contribution in [2.45, 2.75) is 52.7 Å². The first kappa shape index (κ1) is 30.1. The molecule has 1 amide bonds. The van der Waals surface area contributed by atoms with Gasteiger partial charge in [-0.15, -0.1) is 0 Å². The zero-order valence-corrected chi connectivity index (χ0v) is 21.8. The minimum atomic E-state index is -4.94. The van der Waals surface area contributed by atoms with Crippen LogP contribution < -0.4 is 5.32 Å². The Balaban J connectivity index is 1.99. The van der Waals surface area contributed by atoms with E-state index in [4.69, 9.17) is 0 Å². The average Bonchev–Trinajstić information content (AvgIpc) is 2.86. The Bertz CT molecular complexity index is 1620. The van der Waals surface area contributed by atoms with Crippen molar-refractivity contribution in [3.05, 3.63) is 83.2 Å². The van der Waals surface area contributed by atoms with Gasteiger partial charge in [-0.3, -0.25) is 4.79 Å². The van der Waals surface area contributed by atoms with Gasteiger partial charge in [-0.2, -0.15) is 26.3 Å². The first-order valence-corrected chi connectivity index (χ1v) is 14.0. The van der Waals surface area contributed by atoms with E-state index in [9.17, 15) is 48.0 Å². The van der Waals surface area contributed by atoms with Crippen LogP contribution in [0.15, 0.2) is 75.5 Å². The van der Waals surface area contributed by atoms with Gasteiger partial charge >= 0.3 is 12.4 Å². The summed E-state index contributed by atoms with van der Waals surface area (Å²) in [5.41, 5.74) is -3.50. The molecule has 1 N–H and O–H groups in total. The number of rotatable bonds is 7. The number of hydrogen-bond donors (Lipinski definition) is 1. The summed E-state index contributed by atoms with van der Waals surface area (Å²) in [5, 5.41) is 1.03. The molecule has 0 aliphatic rings. The van der Waals surface area contributed by atoms with Crippen LogP contribution in [0.4, 0.5) is 26.3 Å². The number of alkyl halides is 6. The predicted octanol–water partition coefficient (Wildman–Crippen LogP) is 5.06. The molecule has 15 heteroatoms. The molecular formula is C24H20F6N2O5S2. The number of aromatic nitrogens is 1. The number of pyridine rings is 1. The second-order valence-electron chi connectivity index (χ2n) is 8.48. The van der Waals surface area contributed by atoms with E-state index in [-0.39, 0.29) is 5.56 Å². The van der Waals surface area contributed by atoms with Gasteiger partial charge in [0.1, 0.15) is 5.69 Å². The Hall–Kier alpha value is -3.46. The van der Waals surface area contributed by atoms with Crippen molar-refractivity contribution in [3.8, 4) is 0 Å². The van der Waals surface area contributed by atoms with Crippen LogP contribution in [0.5, 0.6) is 0 Å². The second kappa shape index (κ2) is 10.6. The molecule has 1 heterocycles. The van der Waals surface area contributed by atoms with Crippen LogP contribution in [0.25, 0.3) is 0 Å². The molecule has 0 saturated heterocycles. The Kier molecular flexibility index (Phi) is 8.18. The van der Waals surface area contributed by atoms with Crippen molar-refractivity contribution in [2.24, 2.45) is 0 Å². The van der Waals surface area contributed by atoms with Crippen LogP contribution in [-0.2, 0) is 38.6 Å². The minimum Gasteiger partial charge on any atom is -0.347 e. The minimum absolute atomic E-state index is 0.0801. The van der Waals surface area contributed by atoms with E-state index in [1.165, 1.54) is 32.0 Å². The molecule has 3 rings (SSSR count). The normalized spacial score (nSPS) is 12.9. The number of sulfone groups is 2. The molecule has 1 aromatic heterocycles. The second-order valence-corrected chi connectivity index (χ2v) is 12.9. The van der Waals surface area contributed by atoms with E-state index < -0.39 is 81.2 Å². The molecule has 210 valence electrons. The number of nitrogens with one attached hydrogen (secondary N) is 1. The summed E-state index contributed by atoms with van der Waals surface area (Å²) in [4.78, 5) is 14.2. The molecule has 0 atom stereocenters. The molecule has 0 bridgehead atoms. The van der Waals surface area contributed by atoms with Crippen LogP contribution in [0.3, 0.4) is 0 Å². The lowest BCUT2D eigenvalue weighted by Gasteiger charge is -2.16. The number of carbonyl (C=O) groups excluding carboxylic acids is 1. The molecule has 39 heavy (non-hydrogen) atoms. The van der Waals surface area contributed by atoms with Gasteiger partial charge in [-0.25, -0.2) is 21.8 Å². The summed E-state index contributed by atoms with van der Waals surface area (Å²) in [7, 11) is -8.93. The smallest absolute Gasteiger partial charge is 0.347 e. The van der Waals surface area contributed by atoms with E-state index in [1.807, 2.05) is 0 Å². The Morgan fingerprint density at radius 1 is 0.846 bits per heavy atom. The molecule has 3 aromatic rings. The summed E-state index contributed by atoms with van der Waals surface area (Å²) in [6.45, 7) is 1.83. The highest BCUT2D eigenvalue weighted by atomic mass is 32.2. The van der Waals surface area contributed by atoms with E-state index in [0.717, 1.165) is 18.2 Å². The third kappa shape index (κ3) is 6.41. The molecule has 0 spiro atoms. The number of benzene rings is 2. The summed E-state index contributed by atoms with van der Waals surface area (Å²) in [6.07, 6.45) is -9.46. The third-order valence-corrected chi connectivity index (χ3v) is 9.51. The number of amides is 1. The van der Waals surface area contributed by atoms with Crippen LogP contribution in [0.2, 0.25) is 0 Å². The fourth-order valence-electron chi connectivity index (χ4n) is 3.38. The topological polar surface area (TPSA) is 110 Å². The first-order chi connectivity index (χ1) is 17.9. The highest BCUT2D eigenvalue weighted by molar-refractivity contribution is 7.92. The Morgan fingerprint density at radius 3 is 2.05 bits per heavy atom. The van der Waals surface area contributed by atoms with Crippen molar-refractivity contribution in [1.82, 2.24) is 10.3 Å². The predicted molar refractivity (Wildman–Crippen MR) is 126 cm³/mol. The number of halogens is 6. The van der Waals surface area contributed by atoms with E-state index >= 15 is 0 Å². The molecule has 2 aromatic carbocycles. The van der Waals surface area contributed by atoms with Gasteiger partial charge < -0.3 is 5.32 Å². The lowest BCUT2D eigenvalue weighted by molar-refractivity contribution is -0.138. The van der Waals surface area contributed by atoms with Gasteiger partial charge in [0, 0.05) is 12.7 Å². The first-order valence-electron chi connectivity index (χ1n) is 11.0. The Labute approximate surface area is 219 Å². The highest BCUT2D eigenvalue weighted by Gasteiger charge is 2.36. The van der Waals surface area contributed by atoms with Gasteiger partial charge in [0.15, 0.2) is 9.84 Å². The molecule has 0 unspecified atom stereocenters. The quantitative estimate of drug-likeness (QED) is 0.383. The molecule has 7 nitrogen and oxygen atoms in total. The van der Waals surface area contributed by atoms with Crippen LogP contribution in [-0.4, -0.2) is 33.0 Å². The van der Waals surface area contributed by atoms with Gasteiger partial charge in [-0.1, -0.05) is 24.3 Å². The number of hydrogen-bond acceptors (Lipinski definition) is 6. The summed E-state index contributed by atoms with van der Waals surface area (Å²) in [5.74, 6) is -1.21. The molecule has 0 aliphatic heterocycles. The SMILES string of the molecule is CC(C)S(=O)(=O)c1cc(C(F)(F)F)cnc1C(=O)NCc1ccccc1S(=O)(=O)c1cccc(C(F)(F)F)c1. The molecule has 0 aliphatic carbocycles. The molecule has 0 radical (unpaired) electrons. The molecule has 0 fully saturated rings. The summed E-state index contributed by atoms with van der Waals surface area (Å²) in [6, 6.07) is 8.39. The standard InChI is InChI=1S/C24H20F6N2O5S2/c1-14(2)38(34,35)20-11-17(24(28,29)30)13-31-21(20)22(33)32-12-15-6-3-4-9-19(15)39(36,37)18-8-5-7-16(10-18)23(25,26)27/h3-11,13-14H,12H2,1-2H3,(H,32,33). The Morgan fingerprint density at radius 2 is 1.46 bits per heavy atom. The maximum atomic E-state index is 13.2. The average molecular weight is 595 g/mol. The maximum Gasteiger partial charge on any atom is 0.417 e. The van der Waals surface area contributed by atoms with E-state index in [1.54, 1.807) is 0 Å². The van der Waals surface area contributed by atoms with E-state index in [2.05, 4.69) is 10.3 Å². The fourth-order valence-corrected chi connectivity index (χ4v) is 6.13. The third-order valence-electron chi connectivity index (χ3n) is 5.50. The number of nitrogens with zero attached hydrogens (tertiary/aromatic N) is 1. The van der Waals surface area contributed by atoms with Crippen molar-refractivity contribution in [3.63, 3.8) is 0 Å². The van der Waals surface area contributed by atoms with Gasteiger partial charge in [0.2, 0.25) is 9.84 Å². The van der Waals surface area contributed by atoms with Crippen molar-refractivity contribution < 1.29 is 48.0 Å². The largest absolute Gasteiger partial charge is 0.417 e. The van der Waals surface area contributed by atoms with Crippen LogP contribution in [0, 0.1) is 0 Å². The zero-order chi connectivity index (χ0) is 29.4. The van der Waals surface area contributed by atoms with Crippen molar-refractivity contribution in [1.29, 1.82) is 0 Å². The van der Waals surface area contributed by atoms with Gasteiger partial charge in [-0.05, 0) is 49.7 Å². The molecular weight excluding hydrogens is 574 g/mol. The van der Waals surface area contributed by atoms with Crippen molar-refractivity contribution in [2.75, 3.05) is 0 Å².